The average molecular weight is 251 g/mol. The van der Waals surface area contributed by atoms with E-state index in [-0.39, 0.29) is 0 Å². The van der Waals surface area contributed by atoms with Gasteiger partial charge in [-0.2, -0.15) is 0 Å². The van der Waals surface area contributed by atoms with Crippen molar-refractivity contribution < 1.29 is 14.6 Å². The van der Waals surface area contributed by atoms with E-state index < -0.39 is 12.1 Å². The monoisotopic (exact) mass is 251 g/mol. The van der Waals surface area contributed by atoms with Crippen molar-refractivity contribution in [2.75, 3.05) is 6.54 Å². The molecule has 0 amide bonds. The van der Waals surface area contributed by atoms with Gasteiger partial charge < -0.3 is 15.2 Å². The molecule has 1 aromatic rings. The SMILES string of the molecule is CCCNCc1cccc(C)c1OC(C)C(=O)O. The van der Waals surface area contributed by atoms with Crippen LogP contribution < -0.4 is 10.1 Å². The topological polar surface area (TPSA) is 58.6 Å². The van der Waals surface area contributed by atoms with E-state index >= 15 is 0 Å². The van der Waals surface area contributed by atoms with Gasteiger partial charge in [0.1, 0.15) is 5.75 Å². The first kappa shape index (κ1) is 14.5. The smallest absolute Gasteiger partial charge is 0.344 e. The third kappa shape index (κ3) is 4.04. The van der Waals surface area contributed by atoms with Crippen molar-refractivity contribution in [2.24, 2.45) is 0 Å². The van der Waals surface area contributed by atoms with Crippen molar-refractivity contribution in [3.8, 4) is 5.75 Å². The van der Waals surface area contributed by atoms with Crippen LogP contribution in [0.4, 0.5) is 0 Å². The summed E-state index contributed by atoms with van der Waals surface area (Å²) in [6, 6.07) is 5.84. The van der Waals surface area contributed by atoms with E-state index in [1.807, 2.05) is 25.1 Å². The Morgan fingerprint density at radius 1 is 1.50 bits per heavy atom. The van der Waals surface area contributed by atoms with Gasteiger partial charge in [0.15, 0.2) is 6.10 Å². The lowest BCUT2D eigenvalue weighted by atomic mass is 10.1. The highest BCUT2D eigenvalue weighted by atomic mass is 16.5. The van der Waals surface area contributed by atoms with Gasteiger partial charge in [0, 0.05) is 12.1 Å². The molecule has 0 fully saturated rings. The number of rotatable bonds is 7. The number of benzene rings is 1. The van der Waals surface area contributed by atoms with E-state index in [0.29, 0.717) is 12.3 Å². The molecule has 2 N–H and O–H groups in total. The molecule has 0 aliphatic heterocycles. The summed E-state index contributed by atoms with van der Waals surface area (Å²) in [6.07, 6.45) is 0.226. The number of carboxylic acids is 1. The molecule has 0 aliphatic carbocycles. The van der Waals surface area contributed by atoms with Crippen molar-refractivity contribution in [2.45, 2.75) is 39.8 Å². The number of nitrogens with one attached hydrogen (secondary N) is 1. The number of para-hydroxylation sites is 1. The Balaban J connectivity index is 2.83. The van der Waals surface area contributed by atoms with Crippen molar-refractivity contribution in [1.29, 1.82) is 0 Å². The van der Waals surface area contributed by atoms with Crippen LogP contribution in [-0.2, 0) is 11.3 Å². The molecule has 0 saturated carbocycles. The summed E-state index contributed by atoms with van der Waals surface area (Å²) in [6.45, 7) is 7.19. The Kier molecular flexibility index (Phi) is 5.65. The van der Waals surface area contributed by atoms with Crippen LogP contribution in [0, 0.1) is 6.92 Å². The van der Waals surface area contributed by atoms with E-state index in [1.54, 1.807) is 0 Å². The standard InChI is InChI=1S/C14H21NO3/c1-4-8-15-9-12-7-5-6-10(2)13(12)18-11(3)14(16)17/h5-7,11,15H,4,8-9H2,1-3H3,(H,16,17). The van der Waals surface area contributed by atoms with Gasteiger partial charge in [-0.1, -0.05) is 25.1 Å². The second-order valence-electron chi connectivity index (χ2n) is 4.34. The predicted molar refractivity (Wildman–Crippen MR) is 70.9 cm³/mol. The number of aliphatic carboxylic acids is 1. The second-order valence-corrected chi connectivity index (χ2v) is 4.34. The van der Waals surface area contributed by atoms with E-state index in [4.69, 9.17) is 9.84 Å². The minimum Gasteiger partial charge on any atom is -0.479 e. The normalized spacial score (nSPS) is 12.2. The first-order valence-electron chi connectivity index (χ1n) is 6.25. The summed E-state index contributed by atoms with van der Waals surface area (Å²) in [5, 5.41) is 12.2. The molecule has 1 atom stereocenters. The lowest BCUT2D eigenvalue weighted by molar-refractivity contribution is -0.144. The number of carbonyl (C=O) groups is 1. The zero-order chi connectivity index (χ0) is 13.5. The fourth-order valence-corrected chi connectivity index (χ4v) is 1.65. The first-order chi connectivity index (χ1) is 8.56. The molecule has 1 aromatic carbocycles. The van der Waals surface area contributed by atoms with E-state index in [0.717, 1.165) is 24.1 Å². The highest BCUT2D eigenvalue weighted by Crippen LogP contribution is 2.24. The third-order valence-electron chi connectivity index (χ3n) is 2.68. The molecule has 18 heavy (non-hydrogen) atoms. The Labute approximate surface area is 108 Å². The molecule has 0 spiro atoms. The fraction of sp³-hybridized carbons (Fsp3) is 0.500. The Morgan fingerprint density at radius 3 is 2.83 bits per heavy atom. The van der Waals surface area contributed by atoms with E-state index in [1.165, 1.54) is 6.92 Å². The highest BCUT2D eigenvalue weighted by Gasteiger charge is 2.16. The molecular weight excluding hydrogens is 230 g/mol. The van der Waals surface area contributed by atoms with Gasteiger partial charge in [0.2, 0.25) is 0 Å². The summed E-state index contributed by atoms with van der Waals surface area (Å²) >= 11 is 0. The summed E-state index contributed by atoms with van der Waals surface area (Å²) in [5.41, 5.74) is 1.95. The quantitative estimate of drug-likeness (QED) is 0.730. The molecule has 0 heterocycles. The first-order valence-corrected chi connectivity index (χ1v) is 6.25. The second kappa shape index (κ2) is 7.01. The van der Waals surface area contributed by atoms with Crippen LogP contribution in [0.5, 0.6) is 5.75 Å². The molecular formula is C14H21NO3. The summed E-state index contributed by atoms with van der Waals surface area (Å²) < 4.78 is 5.53. The minimum atomic E-state index is -0.953. The molecule has 4 heteroatoms. The van der Waals surface area contributed by atoms with Gasteiger partial charge in [0.05, 0.1) is 0 Å². The highest BCUT2D eigenvalue weighted by molar-refractivity contribution is 5.72. The lowest BCUT2D eigenvalue weighted by Crippen LogP contribution is -2.24. The molecule has 0 saturated heterocycles. The molecule has 0 aromatic heterocycles. The van der Waals surface area contributed by atoms with Crippen LogP contribution in [0.1, 0.15) is 31.4 Å². The Morgan fingerprint density at radius 2 is 2.22 bits per heavy atom. The number of carboxylic acid groups (broad SMARTS) is 1. The maximum absolute atomic E-state index is 10.8. The molecule has 1 unspecified atom stereocenters. The molecule has 0 bridgehead atoms. The molecule has 0 radical (unpaired) electrons. The van der Waals surface area contributed by atoms with Crippen LogP contribution in [0.3, 0.4) is 0 Å². The van der Waals surface area contributed by atoms with Gasteiger partial charge in [-0.25, -0.2) is 4.79 Å². The summed E-state index contributed by atoms with van der Waals surface area (Å²) in [4.78, 5) is 10.8. The van der Waals surface area contributed by atoms with Gasteiger partial charge in [-0.05, 0) is 32.4 Å². The Bertz CT molecular complexity index is 404. The predicted octanol–water partition coefficient (Wildman–Crippen LogP) is 2.35. The van der Waals surface area contributed by atoms with Crippen molar-refractivity contribution >= 4 is 5.97 Å². The average Bonchev–Trinajstić information content (AvgIpc) is 2.33. The Hall–Kier alpha value is -1.55. The number of hydrogen-bond acceptors (Lipinski definition) is 3. The van der Waals surface area contributed by atoms with Gasteiger partial charge in [0.25, 0.3) is 0 Å². The molecule has 100 valence electrons. The maximum Gasteiger partial charge on any atom is 0.344 e. The molecule has 4 nitrogen and oxygen atoms in total. The zero-order valence-corrected chi connectivity index (χ0v) is 11.2. The van der Waals surface area contributed by atoms with Crippen molar-refractivity contribution in [1.82, 2.24) is 5.32 Å². The fourth-order valence-electron chi connectivity index (χ4n) is 1.65. The van der Waals surface area contributed by atoms with Crippen LogP contribution >= 0.6 is 0 Å². The van der Waals surface area contributed by atoms with Crippen LogP contribution in [0.2, 0.25) is 0 Å². The van der Waals surface area contributed by atoms with Gasteiger partial charge in [-0.3, -0.25) is 0 Å². The number of ether oxygens (including phenoxy) is 1. The number of aryl methyl sites for hydroxylation is 1. The van der Waals surface area contributed by atoms with E-state index in [9.17, 15) is 4.79 Å². The van der Waals surface area contributed by atoms with Crippen molar-refractivity contribution in [3.05, 3.63) is 29.3 Å². The summed E-state index contributed by atoms with van der Waals surface area (Å²) in [5.74, 6) is -0.276. The van der Waals surface area contributed by atoms with Crippen LogP contribution in [-0.4, -0.2) is 23.7 Å². The largest absolute Gasteiger partial charge is 0.479 e. The maximum atomic E-state index is 10.8. The molecule has 0 aliphatic rings. The van der Waals surface area contributed by atoms with E-state index in [2.05, 4.69) is 12.2 Å². The zero-order valence-electron chi connectivity index (χ0n) is 11.2. The van der Waals surface area contributed by atoms with Crippen LogP contribution in [0.25, 0.3) is 0 Å². The van der Waals surface area contributed by atoms with Gasteiger partial charge >= 0.3 is 5.97 Å². The minimum absolute atomic E-state index is 0.677. The lowest BCUT2D eigenvalue weighted by Gasteiger charge is -2.17. The third-order valence-corrected chi connectivity index (χ3v) is 2.68. The van der Waals surface area contributed by atoms with Gasteiger partial charge in [-0.15, -0.1) is 0 Å². The molecule has 1 rings (SSSR count). The van der Waals surface area contributed by atoms with Crippen LogP contribution in [0.15, 0.2) is 18.2 Å². The summed E-state index contributed by atoms with van der Waals surface area (Å²) in [7, 11) is 0. The number of hydrogen-bond donors (Lipinski definition) is 2. The van der Waals surface area contributed by atoms with Crippen molar-refractivity contribution in [3.63, 3.8) is 0 Å².